The summed E-state index contributed by atoms with van der Waals surface area (Å²) in [6, 6.07) is 3.52. The molecule has 2 aromatic heterocycles. The van der Waals surface area contributed by atoms with Gasteiger partial charge >= 0.3 is 0 Å². The molecule has 0 aliphatic carbocycles. The molecule has 6 nitrogen and oxygen atoms in total. The van der Waals surface area contributed by atoms with Crippen LogP contribution in [0.5, 0.6) is 0 Å². The first kappa shape index (κ1) is 13.1. The maximum absolute atomic E-state index is 12.3. The number of carbonyl (C=O) groups excluding carboxylic acids is 1. The van der Waals surface area contributed by atoms with Gasteiger partial charge in [0.15, 0.2) is 0 Å². The molecule has 0 radical (unpaired) electrons. The van der Waals surface area contributed by atoms with Crippen LogP contribution in [0.1, 0.15) is 16.9 Å². The van der Waals surface area contributed by atoms with Gasteiger partial charge in [-0.1, -0.05) is 0 Å². The zero-order valence-electron chi connectivity index (χ0n) is 11.3. The number of aromatic amines is 1. The smallest absolute Gasteiger partial charge is 0.268 e. The zero-order chi connectivity index (χ0) is 13.9. The molecular formula is C14H17N3O3. The number of fused-ring (bicyclic) bond motifs is 1. The Balaban J connectivity index is 1.75. The number of nitrogens with zero attached hydrogens (tertiary/aromatic N) is 1. The summed E-state index contributed by atoms with van der Waals surface area (Å²) >= 11 is 0. The van der Waals surface area contributed by atoms with E-state index in [2.05, 4.69) is 15.3 Å². The van der Waals surface area contributed by atoms with Crippen molar-refractivity contribution in [3.05, 3.63) is 30.2 Å². The SMILES string of the molecule is CO[C@@H]1CCOC[C@H]1NC(=O)c1cc2cnccc2[nH]1. The number of H-pyrrole nitrogens is 1. The van der Waals surface area contributed by atoms with Gasteiger partial charge in [-0.15, -0.1) is 0 Å². The summed E-state index contributed by atoms with van der Waals surface area (Å²) in [7, 11) is 1.66. The van der Waals surface area contributed by atoms with E-state index in [1.807, 2.05) is 6.07 Å². The van der Waals surface area contributed by atoms with Gasteiger partial charge in [-0.25, -0.2) is 0 Å². The fourth-order valence-corrected chi connectivity index (χ4v) is 2.48. The number of ether oxygens (including phenoxy) is 2. The van der Waals surface area contributed by atoms with Crippen LogP contribution in [0.3, 0.4) is 0 Å². The molecule has 1 amide bonds. The largest absolute Gasteiger partial charge is 0.379 e. The van der Waals surface area contributed by atoms with E-state index in [9.17, 15) is 4.79 Å². The van der Waals surface area contributed by atoms with E-state index in [1.165, 1.54) is 0 Å². The predicted octanol–water partition coefficient (Wildman–Crippen LogP) is 1.10. The van der Waals surface area contributed by atoms with E-state index >= 15 is 0 Å². The van der Waals surface area contributed by atoms with Gasteiger partial charge in [0.05, 0.1) is 18.8 Å². The summed E-state index contributed by atoms with van der Waals surface area (Å²) in [5, 5.41) is 3.87. The third-order valence-electron chi connectivity index (χ3n) is 3.58. The maximum Gasteiger partial charge on any atom is 0.268 e. The molecule has 3 heterocycles. The Kier molecular flexibility index (Phi) is 3.66. The van der Waals surface area contributed by atoms with E-state index < -0.39 is 0 Å². The molecule has 1 aliphatic heterocycles. The Hall–Kier alpha value is -1.92. The molecule has 106 valence electrons. The molecule has 1 fully saturated rings. The van der Waals surface area contributed by atoms with E-state index in [-0.39, 0.29) is 18.1 Å². The highest BCUT2D eigenvalue weighted by Gasteiger charge is 2.27. The average Bonchev–Trinajstić information content (AvgIpc) is 2.92. The van der Waals surface area contributed by atoms with E-state index in [0.717, 1.165) is 17.3 Å². The Morgan fingerprint density at radius 1 is 1.60 bits per heavy atom. The summed E-state index contributed by atoms with van der Waals surface area (Å²) in [5.41, 5.74) is 1.42. The normalized spacial score (nSPS) is 22.9. The number of rotatable bonds is 3. The minimum atomic E-state index is -0.154. The molecule has 3 rings (SSSR count). The van der Waals surface area contributed by atoms with Crippen molar-refractivity contribution in [1.29, 1.82) is 0 Å². The summed E-state index contributed by atoms with van der Waals surface area (Å²) in [6.45, 7) is 1.15. The number of pyridine rings is 1. The lowest BCUT2D eigenvalue weighted by Gasteiger charge is -2.30. The number of hydrogen-bond donors (Lipinski definition) is 2. The van der Waals surface area contributed by atoms with Crippen molar-refractivity contribution >= 4 is 16.8 Å². The monoisotopic (exact) mass is 275 g/mol. The molecule has 2 aromatic rings. The predicted molar refractivity (Wildman–Crippen MR) is 73.6 cm³/mol. The van der Waals surface area contributed by atoms with Crippen LogP contribution in [0, 0.1) is 0 Å². The first-order chi connectivity index (χ1) is 9.78. The maximum atomic E-state index is 12.3. The Morgan fingerprint density at radius 3 is 3.30 bits per heavy atom. The number of amides is 1. The Labute approximate surface area is 116 Å². The summed E-state index contributed by atoms with van der Waals surface area (Å²) in [5.74, 6) is -0.154. The van der Waals surface area contributed by atoms with Crippen molar-refractivity contribution in [2.24, 2.45) is 0 Å². The average molecular weight is 275 g/mol. The fraction of sp³-hybridized carbons (Fsp3) is 0.429. The van der Waals surface area contributed by atoms with Crippen LogP contribution in [-0.4, -0.2) is 48.3 Å². The van der Waals surface area contributed by atoms with Crippen LogP contribution in [0.2, 0.25) is 0 Å². The van der Waals surface area contributed by atoms with Gasteiger partial charge in [0.1, 0.15) is 5.69 Å². The van der Waals surface area contributed by atoms with Crippen LogP contribution in [0.4, 0.5) is 0 Å². The fourth-order valence-electron chi connectivity index (χ4n) is 2.48. The van der Waals surface area contributed by atoms with Gasteiger partial charge < -0.3 is 19.8 Å². The summed E-state index contributed by atoms with van der Waals surface area (Å²) in [4.78, 5) is 19.4. The lowest BCUT2D eigenvalue weighted by Crippen LogP contribution is -2.50. The second-order valence-electron chi connectivity index (χ2n) is 4.86. The molecule has 1 aliphatic rings. The van der Waals surface area contributed by atoms with E-state index in [0.29, 0.717) is 18.9 Å². The van der Waals surface area contributed by atoms with Gasteiger partial charge in [-0.05, 0) is 18.6 Å². The molecule has 20 heavy (non-hydrogen) atoms. The lowest BCUT2D eigenvalue weighted by atomic mass is 10.1. The quantitative estimate of drug-likeness (QED) is 0.879. The summed E-state index contributed by atoms with van der Waals surface area (Å²) in [6.07, 6.45) is 4.21. The number of hydrogen-bond acceptors (Lipinski definition) is 4. The van der Waals surface area contributed by atoms with Crippen molar-refractivity contribution in [1.82, 2.24) is 15.3 Å². The molecule has 1 saturated heterocycles. The Morgan fingerprint density at radius 2 is 2.50 bits per heavy atom. The first-order valence-corrected chi connectivity index (χ1v) is 6.62. The van der Waals surface area contributed by atoms with E-state index in [1.54, 1.807) is 25.6 Å². The van der Waals surface area contributed by atoms with Gasteiger partial charge in [0.2, 0.25) is 0 Å². The summed E-state index contributed by atoms with van der Waals surface area (Å²) < 4.78 is 10.8. The van der Waals surface area contributed by atoms with Crippen LogP contribution in [-0.2, 0) is 9.47 Å². The van der Waals surface area contributed by atoms with Crippen LogP contribution < -0.4 is 5.32 Å². The molecular weight excluding hydrogens is 258 g/mol. The number of methoxy groups -OCH3 is 1. The van der Waals surface area contributed by atoms with Crippen molar-refractivity contribution < 1.29 is 14.3 Å². The molecule has 0 saturated carbocycles. The molecule has 0 unspecified atom stereocenters. The molecule has 2 N–H and O–H groups in total. The van der Waals surface area contributed by atoms with Crippen LogP contribution in [0.15, 0.2) is 24.5 Å². The first-order valence-electron chi connectivity index (χ1n) is 6.62. The van der Waals surface area contributed by atoms with Crippen LogP contribution >= 0.6 is 0 Å². The third-order valence-corrected chi connectivity index (χ3v) is 3.58. The van der Waals surface area contributed by atoms with E-state index in [4.69, 9.17) is 9.47 Å². The van der Waals surface area contributed by atoms with Crippen molar-refractivity contribution in [2.75, 3.05) is 20.3 Å². The van der Waals surface area contributed by atoms with Crippen LogP contribution in [0.25, 0.3) is 10.9 Å². The molecule has 0 aromatic carbocycles. The highest BCUT2D eigenvalue weighted by atomic mass is 16.5. The molecule has 0 spiro atoms. The highest BCUT2D eigenvalue weighted by molar-refractivity contribution is 5.97. The van der Waals surface area contributed by atoms with Gasteiger partial charge in [-0.3, -0.25) is 9.78 Å². The van der Waals surface area contributed by atoms with Gasteiger partial charge in [-0.2, -0.15) is 0 Å². The minimum absolute atomic E-state index is 0.00116. The standard InChI is InChI=1S/C14H17N3O3/c1-19-13-3-5-20-8-12(13)17-14(18)11-6-9-7-15-4-2-10(9)16-11/h2,4,6-7,12-13,16H,3,5,8H2,1H3,(H,17,18)/t12-,13-/m1/s1. The molecule has 6 heteroatoms. The van der Waals surface area contributed by atoms with Crippen molar-refractivity contribution in [3.63, 3.8) is 0 Å². The Bertz CT molecular complexity index is 577. The number of aromatic nitrogens is 2. The van der Waals surface area contributed by atoms with Gasteiger partial charge in [0.25, 0.3) is 5.91 Å². The second kappa shape index (κ2) is 5.60. The molecule has 0 bridgehead atoms. The van der Waals surface area contributed by atoms with Crippen molar-refractivity contribution in [2.45, 2.75) is 18.6 Å². The number of carbonyl (C=O) groups is 1. The number of nitrogens with one attached hydrogen (secondary N) is 2. The zero-order valence-corrected chi connectivity index (χ0v) is 11.3. The molecule has 2 atom stereocenters. The topological polar surface area (TPSA) is 76.2 Å². The minimum Gasteiger partial charge on any atom is -0.379 e. The third kappa shape index (κ3) is 2.52. The van der Waals surface area contributed by atoms with Crippen molar-refractivity contribution in [3.8, 4) is 0 Å². The van der Waals surface area contributed by atoms with Gasteiger partial charge in [0, 0.05) is 37.0 Å². The highest BCUT2D eigenvalue weighted by Crippen LogP contribution is 2.15. The second-order valence-corrected chi connectivity index (χ2v) is 4.86. The lowest BCUT2D eigenvalue weighted by molar-refractivity contribution is -0.0349.